The van der Waals surface area contributed by atoms with Crippen molar-refractivity contribution in [3.05, 3.63) is 0 Å². The van der Waals surface area contributed by atoms with Crippen LogP contribution in [0.2, 0.25) is 84.1 Å². The first kappa shape index (κ1) is 22.9. The summed E-state index contributed by atoms with van der Waals surface area (Å²) in [5.74, 6) is 0. The molecule has 22 heavy (non-hydrogen) atoms. The Bertz CT molecular complexity index is 309. The summed E-state index contributed by atoms with van der Waals surface area (Å²) in [7, 11) is -10.3. The minimum absolute atomic E-state index is 0.752. The highest BCUT2D eigenvalue weighted by molar-refractivity contribution is 6.90. The minimum atomic E-state index is -2.75. The van der Waals surface area contributed by atoms with E-state index in [0.717, 1.165) is 12.1 Å². The monoisotopic (exact) mass is 398 g/mol. The first-order chi connectivity index (χ1) is 9.33. The number of rotatable bonds is 9. The molecule has 1 N–H and O–H groups in total. The van der Waals surface area contributed by atoms with E-state index in [-0.39, 0.29) is 0 Å². The molecular formula is C13H38O4Si5. The van der Waals surface area contributed by atoms with Crippen LogP contribution in [0.25, 0.3) is 0 Å². The topological polar surface area (TPSA) is 47.9 Å². The van der Waals surface area contributed by atoms with Crippen molar-refractivity contribution < 1.29 is 17.1 Å². The van der Waals surface area contributed by atoms with Crippen molar-refractivity contribution in [1.82, 2.24) is 0 Å². The summed E-state index contributed by atoms with van der Waals surface area (Å²) in [6.07, 6.45) is 0. The molecule has 0 fully saturated rings. The van der Waals surface area contributed by atoms with E-state index in [1.54, 1.807) is 0 Å². The quantitative estimate of drug-likeness (QED) is 0.573. The highest BCUT2D eigenvalue weighted by atomic mass is 28.5. The van der Waals surface area contributed by atoms with Gasteiger partial charge in [0.05, 0.1) is 0 Å². The Hall–Kier alpha value is 0.924. The molecule has 0 saturated carbocycles. The van der Waals surface area contributed by atoms with Crippen LogP contribution in [0, 0.1) is 0 Å². The van der Waals surface area contributed by atoms with Crippen LogP contribution in [-0.2, 0) is 12.3 Å². The van der Waals surface area contributed by atoms with Crippen LogP contribution in [0.4, 0.5) is 0 Å². The van der Waals surface area contributed by atoms with E-state index in [2.05, 4.69) is 58.9 Å². The maximum atomic E-state index is 10.3. The molecule has 0 bridgehead atoms. The molecule has 0 atom stereocenters. The van der Waals surface area contributed by atoms with Crippen molar-refractivity contribution in [3.8, 4) is 0 Å². The summed E-state index contributed by atoms with van der Waals surface area (Å²) in [6.45, 7) is 23.7. The predicted molar refractivity (Wildman–Crippen MR) is 108 cm³/mol. The van der Waals surface area contributed by atoms with Gasteiger partial charge in [-0.15, -0.1) is 0 Å². The molecule has 0 radical (unpaired) electrons. The summed E-state index contributed by atoms with van der Waals surface area (Å²) in [5.41, 5.74) is 0. The molecule has 0 amide bonds. The summed E-state index contributed by atoms with van der Waals surface area (Å²) < 4.78 is 19.8. The van der Waals surface area contributed by atoms with Crippen molar-refractivity contribution in [1.29, 1.82) is 0 Å². The van der Waals surface area contributed by atoms with E-state index >= 15 is 0 Å². The van der Waals surface area contributed by atoms with Crippen molar-refractivity contribution >= 4 is 42.1 Å². The molecule has 0 rings (SSSR count). The Balaban J connectivity index is 5.58. The van der Waals surface area contributed by atoms with Crippen LogP contribution >= 0.6 is 0 Å². The third kappa shape index (κ3) is 12.4. The molecule has 0 unspecified atom stereocenters. The Labute approximate surface area is 143 Å². The zero-order valence-corrected chi connectivity index (χ0v) is 21.6. The second-order valence-electron chi connectivity index (χ2n) is 9.64. The van der Waals surface area contributed by atoms with Crippen LogP contribution < -0.4 is 0 Å². The molecule has 0 heterocycles. The van der Waals surface area contributed by atoms with Gasteiger partial charge in [-0.05, 0) is 78.1 Å². The molecule has 4 nitrogen and oxygen atoms in total. The van der Waals surface area contributed by atoms with Crippen molar-refractivity contribution in [2.45, 2.75) is 84.1 Å². The number of hydrogen-bond donors (Lipinski definition) is 1. The van der Waals surface area contributed by atoms with Crippen LogP contribution in [0.15, 0.2) is 0 Å². The van der Waals surface area contributed by atoms with Crippen LogP contribution in [0.5, 0.6) is 0 Å². The average molecular weight is 399 g/mol. The molecule has 0 spiro atoms. The van der Waals surface area contributed by atoms with Crippen LogP contribution in [-0.4, -0.2) is 46.9 Å². The summed E-state index contributed by atoms with van der Waals surface area (Å²) in [5, 5.41) is 0. The van der Waals surface area contributed by atoms with E-state index in [0.29, 0.717) is 0 Å². The van der Waals surface area contributed by atoms with Gasteiger partial charge in [0.15, 0.2) is 33.3 Å². The van der Waals surface area contributed by atoms with Gasteiger partial charge in [-0.1, -0.05) is 0 Å². The normalized spacial score (nSPS) is 15.3. The van der Waals surface area contributed by atoms with Gasteiger partial charge in [0.1, 0.15) is 0 Å². The average Bonchev–Trinajstić information content (AvgIpc) is 2.04. The standard InChI is InChI=1S/C13H38O4Si5/c1-18(2,3)15-22(16-19(4,5)6,17-20(7,8)9)13-12-21(10,11)14/h14H,12-13H2,1-11H3. The van der Waals surface area contributed by atoms with E-state index in [4.69, 9.17) is 12.3 Å². The first-order valence-corrected chi connectivity index (χ1v) is 23.5. The van der Waals surface area contributed by atoms with E-state index in [1.807, 2.05) is 13.1 Å². The molecule has 0 aromatic carbocycles. The minimum Gasteiger partial charge on any atom is -0.432 e. The van der Waals surface area contributed by atoms with Gasteiger partial charge >= 0.3 is 8.80 Å². The fourth-order valence-corrected chi connectivity index (χ4v) is 19.8. The molecular weight excluding hydrogens is 361 g/mol. The molecule has 9 heteroatoms. The third-order valence-electron chi connectivity index (χ3n) is 2.43. The van der Waals surface area contributed by atoms with E-state index < -0.39 is 42.1 Å². The Kier molecular flexibility index (Phi) is 7.75. The maximum absolute atomic E-state index is 10.3. The lowest BCUT2D eigenvalue weighted by molar-refractivity contribution is 0.253. The van der Waals surface area contributed by atoms with Gasteiger partial charge in [0, 0.05) is 6.04 Å². The van der Waals surface area contributed by atoms with Gasteiger partial charge in [-0.3, -0.25) is 0 Å². The summed E-state index contributed by atoms with van der Waals surface area (Å²) in [6, 6.07) is 1.53. The molecule has 0 aromatic rings. The first-order valence-electron chi connectivity index (χ1n) is 8.16. The zero-order chi connectivity index (χ0) is 18.0. The lowest BCUT2D eigenvalue weighted by Gasteiger charge is -2.43. The SMILES string of the molecule is C[Si](C)(O)CC[Si](O[Si](C)(C)C)(O[Si](C)(C)C)O[Si](C)(C)C. The molecule has 0 aliphatic heterocycles. The van der Waals surface area contributed by atoms with E-state index in [9.17, 15) is 4.80 Å². The largest absolute Gasteiger partial charge is 0.469 e. The van der Waals surface area contributed by atoms with Gasteiger partial charge < -0.3 is 17.1 Å². The molecule has 0 aliphatic carbocycles. The fraction of sp³-hybridized carbons (Fsp3) is 1.00. The molecule has 134 valence electrons. The maximum Gasteiger partial charge on any atom is 0.469 e. The number of hydrogen-bond acceptors (Lipinski definition) is 4. The van der Waals surface area contributed by atoms with Gasteiger partial charge in [0.25, 0.3) is 0 Å². The lowest BCUT2D eigenvalue weighted by Crippen LogP contribution is -2.60. The highest BCUT2D eigenvalue weighted by Crippen LogP contribution is 2.31. The van der Waals surface area contributed by atoms with Crippen molar-refractivity contribution in [2.24, 2.45) is 0 Å². The van der Waals surface area contributed by atoms with Crippen LogP contribution in [0.1, 0.15) is 0 Å². The summed E-state index contributed by atoms with van der Waals surface area (Å²) >= 11 is 0. The van der Waals surface area contributed by atoms with Crippen LogP contribution in [0.3, 0.4) is 0 Å². The van der Waals surface area contributed by atoms with Gasteiger partial charge in [-0.25, -0.2) is 0 Å². The second kappa shape index (κ2) is 7.44. The highest BCUT2D eigenvalue weighted by Gasteiger charge is 2.50. The van der Waals surface area contributed by atoms with Crippen molar-refractivity contribution in [3.63, 3.8) is 0 Å². The Morgan fingerprint density at radius 1 is 0.545 bits per heavy atom. The summed E-state index contributed by atoms with van der Waals surface area (Å²) in [4.78, 5) is 10.3. The van der Waals surface area contributed by atoms with Gasteiger partial charge in [0.2, 0.25) is 0 Å². The van der Waals surface area contributed by atoms with E-state index in [1.165, 1.54) is 0 Å². The van der Waals surface area contributed by atoms with Gasteiger partial charge in [-0.2, -0.15) is 0 Å². The smallest absolute Gasteiger partial charge is 0.432 e. The Morgan fingerprint density at radius 2 is 0.818 bits per heavy atom. The fourth-order valence-electron chi connectivity index (χ4n) is 2.07. The Morgan fingerprint density at radius 3 is 1.00 bits per heavy atom. The predicted octanol–water partition coefficient (Wildman–Crippen LogP) is 4.68. The van der Waals surface area contributed by atoms with Crippen molar-refractivity contribution in [2.75, 3.05) is 0 Å². The second-order valence-corrected chi connectivity index (χ2v) is 30.8. The molecule has 0 saturated heterocycles. The lowest BCUT2D eigenvalue weighted by atomic mass is 10.9. The molecule has 0 aromatic heterocycles. The molecule has 0 aliphatic rings. The zero-order valence-electron chi connectivity index (χ0n) is 16.6. The third-order valence-corrected chi connectivity index (χ3v) is 16.3.